The van der Waals surface area contributed by atoms with Crippen LogP contribution in [-0.4, -0.2) is 33.8 Å². The molecule has 0 saturated heterocycles. The lowest BCUT2D eigenvalue weighted by atomic mass is 10.1. The molecule has 0 spiro atoms. The fraction of sp³-hybridized carbons (Fsp3) is 0.417. The van der Waals surface area contributed by atoms with Gasteiger partial charge in [-0.05, 0) is 32.0 Å². The molecule has 3 nitrogen and oxygen atoms in total. The van der Waals surface area contributed by atoms with E-state index in [4.69, 9.17) is 0 Å². The molecule has 1 aromatic carbocycles. The van der Waals surface area contributed by atoms with Crippen LogP contribution in [0.5, 0.6) is 5.75 Å². The summed E-state index contributed by atoms with van der Waals surface area (Å²) in [5.41, 5.74) is 0.336. The summed E-state index contributed by atoms with van der Waals surface area (Å²) in [4.78, 5) is 14.0. The van der Waals surface area contributed by atoms with Crippen molar-refractivity contribution in [3.8, 4) is 5.75 Å². The summed E-state index contributed by atoms with van der Waals surface area (Å²) in [7, 11) is 0. The zero-order valence-corrected chi connectivity index (χ0v) is 13.0. The van der Waals surface area contributed by atoms with Crippen LogP contribution < -0.4 is 0 Å². The monoisotopic (exact) mass is 363 g/mol. The highest BCUT2D eigenvalue weighted by Gasteiger charge is 2.20. The molecule has 0 aliphatic heterocycles. The molecule has 1 amide bonds. The lowest BCUT2D eigenvalue weighted by Crippen LogP contribution is -2.38. The van der Waals surface area contributed by atoms with Crippen LogP contribution in [0.3, 0.4) is 0 Å². The maximum atomic E-state index is 12.2. The SMILES string of the molecule is CC(C)N(CCBr)C(=O)c1ccc(Br)cc1O. The number of hydrogen-bond donors (Lipinski definition) is 1. The van der Waals surface area contributed by atoms with Crippen molar-refractivity contribution in [1.29, 1.82) is 0 Å². The van der Waals surface area contributed by atoms with Crippen molar-refractivity contribution in [1.82, 2.24) is 4.90 Å². The van der Waals surface area contributed by atoms with Gasteiger partial charge >= 0.3 is 0 Å². The number of carbonyl (C=O) groups is 1. The van der Waals surface area contributed by atoms with Crippen LogP contribution in [0.15, 0.2) is 22.7 Å². The van der Waals surface area contributed by atoms with Crippen LogP contribution in [-0.2, 0) is 0 Å². The van der Waals surface area contributed by atoms with Gasteiger partial charge in [0.25, 0.3) is 5.91 Å². The van der Waals surface area contributed by atoms with Crippen LogP contribution in [0.4, 0.5) is 0 Å². The molecular weight excluding hydrogens is 350 g/mol. The minimum atomic E-state index is -0.149. The van der Waals surface area contributed by atoms with E-state index in [1.54, 1.807) is 17.0 Å². The molecule has 5 heteroatoms. The van der Waals surface area contributed by atoms with Crippen molar-refractivity contribution in [3.63, 3.8) is 0 Å². The maximum Gasteiger partial charge on any atom is 0.257 e. The lowest BCUT2D eigenvalue weighted by molar-refractivity contribution is 0.0716. The van der Waals surface area contributed by atoms with Gasteiger partial charge in [0, 0.05) is 22.4 Å². The fourth-order valence-corrected chi connectivity index (χ4v) is 2.26. The topological polar surface area (TPSA) is 40.5 Å². The van der Waals surface area contributed by atoms with Crippen molar-refractivity contribution in [2.45, 2.75) is 19.9 Å². The third-order valence-corrected chi connectivity index (χ3v) is 3.25. The molecule has 0 aliphatic rings. The Hall–Kier alpha value is -0.550. The summed E-state index contributed by atoms with van der Waals surface area (Å²) in [5.74, 6) is -0.144. The quantitative estimate of drug-likeness (QED) is 0.832. The summed E-state index contributed by atoms with van der Waals surface area (Å²) < 4.78 is 0.753. The van der Waals surface area contributed by atoms with Crippen molar-refractivity contribution >= 4 is 37.8 Å². The Morgan fingerprint density at radius 3 is 2.59 bits per heavy atom. The molecule has 1 rings (SSSR count). The zero-order chi connectivity index (χ0) is 13.0. The van der Waals surface area contributed by atoms with Crippen LogP contribution in [0, 0.1) is 0 Å². The molecule has 0 atom stereocenters. The van der Waals surface area contributed by atoms with Gasteiger partial charge in [-0.3, -0.25) is 4.79 Å². The van der Waals surface area contributed by atoms with Gasteiger partial charge in [-0.2, -0.15) is 0 Å². The molecule has 0 aliphatic carbocycles. The third kappa shape index (κ3) is 3.71. The summed E-state index contributed by atoms with van der Waals surface area (Å²) in [6.45, 7) is 4.53. The van der Waals surface area contributed by atoms with Crippen LogP contribution in [0.25, 0.3) is 0 Å². The first-order valence-corrected chi connectivity index (χ1v) is 7.24. The average Bonchev–Trinajstić information content (AvgIpc) is 2.24. The van der Waals surface area contributed by atoms with Crippen molar-refractivity contribution in [2.24, 2.45) is 0 Å². The summed E-state index contributed by atoms with van der Waals surface area (Å²) in [5, 5.41) is 10.5. The number of benzene rings is 1. The number of alkyl halides is 1. The highest BCUT2D eigenvalue weighted by Crippen LogP contribution is 2.24. The van der Waals surface area contributed by atoms with E-state index in [1.165, 1.54) is 6.07 Å². The van der Waals surface area contributed by atoms with E-state index in [-0.39, 0.29) is 17.7 Å². The first kappa shape index (κ1) is 14.5. The number of halogens is 2. The number of aromatic hydroxyl groups is 1. The Labute approximate surface area is 118 Å². The largest absolute Gasteiger partial charge is 0.507 e. The van der Waals surface area contributed by atoms with E-state index >= 15 is 0 Å². The van der Waals surface area contributed by atoms with Crippen LogP contribution in [0.1, 0.15) is 24.2 Å². The number of carbonyl (C=O) groups excluding carboxylic acids is 1. The Morgan fingerprint density at radius 2 is 2.12 bits per heavy atom. The second kappa shape index (κ2) is 6.40. The molecule has 1 N–H and O–H groups in total. The number of phenols is 1. The number of phenolic OH excluding ortho intramolecular Hbond substituents is 1. The van der Waals surface area contributed by atoms with Crippen molar-refractivity contribution < 1.29 is 9.90 Å². The van der Waals surface area contributed by atoms with E-state index in [0.29, 0.717) is 17.4 Å². The third-order valence-electron chi connectivity index (χ3n) is 2.40. The second-order valence-electron chi connectivity index (χ2n) is 3.94. The lowest BCUT2D eigenvalue weighted by Gasteiger charge is -2.26. The Kier molecular flexibility index (Phi) is 5.46. The Morgan fingerprint density at radius 1 is 1.47 bits per heavy atom. The Bertz CT molecular complexity index is 407. The minimum absolute atomic E-state index is 0.00426. The van der Waals surface area contributed by atoms with Crippen molar-refractivity contribution in [3.05, 3.63) is 28.2 Å². The van der Waals surface area contributed by atoms with E-state index in [9.17, 15) is 9.90 Å². The first-order valence-electron chi connectivity index (χ1n) is 5.32. The molecule has 0 radical (unpaired) electrons. The molecule has 0 fully saturated rings. The predicted octanol–water partition coefficient (Wildman–Crippen LogP) is 3.40. The highest BCUT2D eigenvalue weighted by atomic mass is 79.9. The van der Waals surface area contributed by atoms with Gasteiger partial charge in [-0.1, -0.05) is 31.9 Å². The van der Waals surface area contributed by atoms with Gasteiger partial charge in [-0.15, -0.1) is 0 Å². The van der Waals surface area contributed by atoms with Crippen LogP contribution >= 0.6 is 31.9 Å². The molecule has 0 heterocycles. The predicted molar refractivity (Wildman–Crippen MR) is 75.8 cm³/mol. The first-order chi connectivity index (χ1) is 7.97. The molecule has 0 bridgehead atoms. The average molecular weight is 365 g/mol. The van der Waals surface area contributed by atoms with Crippen LogP contribution in [0.2, 0.25) is 0 Å². The molecule has 94 valence electrons. The highest BCUT2D eigenvalue weighted by molar-refractivity contribution is 9.10. The second-order valence-corrected chi connectivity index (χ2v) is 5.65. The molecular formula is C12H15Br2NO2. The maximum absolute atomic E-state index is 12.2. The minimum Gasteiger partial charge on any atom is -0.507 e. The normalized spacial score (nSPS) is 10.6. The van der Waals surface area contributed by atoms with Gasteiger partial charge in [0.15, 0.2) is 0 Å². The summed E-state index contributed by atoms with van der Waals surface area (Å²) >= 11 is 6.58. The molecule has 1 aromatic rings. The fourth-order valence-electron chi connectivity index (χ4n) is 1.53. The smallest absolute Gasteiger partial charge is 0.257 e. The van der Waals surface area contributed by atoms with Crippen molar-refractivity contribution in [2.75, 3.05) is 11.9 Å². The number of amides is 1. The summed E-state index contributed by atoms with van der Waals surface area (Å²) in [6.07, 6.45) is 0. The van der Waals surface area contributed by atoms with Gasteiger partial charge < -0.3 is 10.0 Å². The molecule has 0 unspecified atom stereocenters. The van der Waals surface area contributed by atoms with E-state index < -0.39 is 0 Å². The number of rotatable bonds is 4. The standard InChI is InChI=1S/C12H15Br2NO2/c1-8(2)15(6-5-13)12(17)10-4-3-9(14)7-11(10)16/h3-4,7-8,16H,5-6H2,1-2H3. The number of nitrogens with zero attached hydrogens (tertiary/aromatic N) is 1. The molecule has 0 saturated carbocycles. The van der Waals surface area contributed by atoms with Gasteiger partial charge in [0.1, 0.15) is 5.75 Å². The van der Waals surface area contributed by atoms with E-state index in [0.717, 1.165) is 4.47 Å². The van der Waals surface area contributed by atoms with Gasteiger partial charge in [0.2, 0.25) is 0 Å². The summed E-state index contributed by atoms with van der Waals surface area (Å²) in [6, 6.07) is 5.01. The molecule has 17 heavy (non-hydrogen) atoms. The zero-order valence-electron chi connectivity index (χ0n) is 9.78. The Balaban J connectivity index is 3.01. The van der Waals surface area contributed by atoms with E-state index in [2.05, 4.69) is 31.9 Å². The number of hydrogen-bond acceptors (Lipinski definition) is 2. The van der Waals surface area contributed by atoms with Gasteiger partial charge in [-0.25, -0.2) is 0 Å². The van der Waals surface area contributed by atoms with E-state index in [1.807, 2.05) is 13.8 Å². The van der Waals surface area contributed by atoms with Gasteiger partial charge in [0.05, 0.1) is 5.56 Å². The molecule has 0 aromatic heterocycles.